The highest BCUT2D eigenvalue weighted by Crippen LogP contribution is 2.21. The fraction of sp³-hybridized carbons (Fsp3) is 0.462. The van der Waals surface area contributed by atoms with Crippen LogP contribution in [0.2, 0.25) is 0 Å². The third-order valence-electron chi connectivity index (χ3n) is 3.32. The van der Waals surface area contributed by atoms with Gasteiger partial charge in [0.05, 0.1) is 11.0 Å². The number of nitrogen functional groups attached to an aromatic ring is 1. The number of imidazole rings is 1. The van der Waals surface area contributed by atoms with E-state index in [9.17, 15) is 0 Å². The molecule has 4 nitrogen and oxygen atoms in total. The molecule has 0 aliphatic heterocycles. The highest BCUT2D eigenvalue weighted by Gasteiger charge is 2.14. The highest BCUT2D eigenvalue weighted by molar-refractivity contribution is 5.80. The summed E-state index contributed by atoms with van der Waals surface area (Å²) in [6, 6.07) is 6.27. The molecule has 17 heavy (non-hydrogen) atoms. The second-order valence-corrected chi connectivity index (χ2v) is 4.42. The van der Waals surface area contributed by atoms with Gasteiger partial charge in [0.1, 0.15) is 0 Å². The fourth-order valence-corrected chi connectivity index (χ4v) is 2.19. The molecule has 0 atom stereocenters. The van der Waals surface area contributed by atoms with Crippen molar-refractivity contribution in [1.82, 2.24) is 9.97 Å². The summed E-state index contributed by atoms with van der Waals surface area (Å²) in [6.45, 7) is 4.40. The number of rotatable bonds is 4. The summed E-state index contributed by atoms with van der Waals surface area (Å²) in [4.78, 5) is 10.1. The largest absolute Gasteiger partial charge is 0.399 e. The number of fused-ring (bicyclic) bond motifs is 1. The molecular weight excluding hydrogens is 212 g/mol. The zero-order chi connectivity index (χ0) is 12.4. The van der Waals surface area contributed by atoms with Crippen LogP contribution in [-0.4, -0.2) is 23.1 Å². The predicted molar refractivity (Wildman–Crippen MR) is 73.3 cm³/mol. The van der Waals surface area contributed by atoms with Gasteiger partial charge in [-0.25, -0.2) is 4.98 Å². The van der Waals surface area contributed by atoms with Crippen LogP contribution in [0.4, 0.5) is 11.6 Å². The van der Waals surface area contributed by atoms with Crippen LogP contribution in [0.3, 0.4) is 0 Å². The molecule has 2 aromatic rings. The van der Waals surface area contributed by atoms with Gasteiger partial charge in [-0.2, -0.15) is 0 Å². The minimum atomic E-state index is 0.521. The van der Waals surface area contributed by atoms with Crippen molar-refractivity contribution in [2.45, 2.75) is 32.7 Å². The summed E-state index contributed by atoms with van der Waals surface area (Å²) in [5.41, 5.74) is 8.48. The summed E-state index contributed by atoms with van der Waals surface area (Å²) in [5.74, 6) is 0.916. The van der Waals surface area contributed by atoms with Crippen molar-refractivity contribution in [2.24, 2.45) is 0 Å². The van der Waals surface area contributed by atoms with E-state index < -0.39 is 0 Å². The van der Waals surface area contributed by atoms with Gasteiger partial charge in [0.2, 0.25) is 5.95 Å². The second kappa shape index (κ2) is 4.65. The van der Waals surface area contributed by atoms with Crippen LogP contribution in [0, 0.1) is 0 Å². The van der Waals surface area contributed by atoms with E-state index in [4.69, 9.17) is 5.73 Å². The van der Waals surface area contributed by atoms with E-state index in [1.165, 1.54) is 0 Å². The zero-order valence-electron chi connectivity index (χ0n) is 10.7. The number of nitrogens with zero attached hydrogens (tertiary/aromatic N) is 2. The molecule has 1 aromatic heterocycles. The molecule has 0 unspecified atom stereocenters. The van der Waals surface area contributed by atoms with Gasteiger partial charge in [-0.05, 0) is 31.0 Å². The summed E-state index contributed by atoms with van der Waals surface area (Å²) in [7, 11) is 2.08. The maximum Gasteiger partial charge on any atom is 0.203 e. The van der Waals surface area contributed by atoms with Crippen molar-refractivity contribution in [3.05, 3.63) is 18.2 Å². The number of aromatic amines is 1. The molecule has 0 fully saturated rings. The lowest BCUT2D eigenvalue weighted by Gasteiger charge is -2.25. The number of hydrogen-bond donors (Lipinski definition) is 2. The van der Waals surface area contributed by atoms with Gasteiger partial charge >= 0.3 is 0 Å². The SMILES string of the molecule is CCC(CC)N(C)c1nc2ccc(N)cc2[nH]1. The number of aromatic nitrogens is 2. The molecule has 0 radical (unpaired) electrons. The van der Waals surface area contributed by atoms with E-state index in [0.29, 0.717) is 6.04 Å². The Kier molecular flexibility index (Phi) is 3.22. The highest BCUT2D eigenvalue weighted by atomic mass is 15.3. The van der Waals surface area contributed by atoms with E-state index >= 15 is 0 Å². The van der Waals surface area contributed by atoms with Crippen molar-refractivity contribution < 1.29 is 0 Å². The van der Waals surface area contributed by atoms with Crippen LogP contribution >= 0.6 is 0 Å². The monoisotopic (exact) mass is 232 g/mol. The summed E-state index contributed by atoms with van der Waals surface area (Å²) >= 11 is 0. The number of nitrogens with two attached hydrogens (primary N) is 1. The van der Waals surface area contributed by atoms with Crippen LogP contribution in [-0.2, 0) is 0 Å². The van der Waals surface area contributed by atoms with E-state index in [1.54, 1.807) is 0 Å². The Hall–Kier alpha value is -1.71. The first-order chi connectivity index (χ1) is 8.15. The topological polar surface area (TPSA) is 57.9 Å². The quantitative estimate of drug-likeness (QED) is 0.797. The third-order valence-corrected chi connectivity index (χ3v) is 3.32. The molecule has 1 aromatic carbocycles. The van der Waals surface area contributed by atoms with Gasteiger partial charge in [-0.3, -0.25) is 0 Å². The Morgan fingerprint density at radius 2 is 2.06 bits per heavy atom. The van der Waals surface area contributed by atoms with Gasteiger partial charge in [0, 0.05) is 18.8 Å². The Bertz CT molecular complexity index is 499. The lowest BCUT2D eigenvalue weighted by molar-refractivity contribution is 0.583. The average Bonchev–Trinajstić information content (AvgIpc) is 2.73. The maximum absolute atomic E-state index is 5.76. The standard InChI is InChI=1S/C13H20N4/c1-4-10(5-2)17(3)13-15-11-7-6-9(14)8-12(11)16-13/h6-8,10H,4-5,14H2,1-3H3,(H,15,16). The van der Waals surface area contributed by atoms with Crippen LogP contribution in [0.25, 0.3) is 11.0 Å². The molecule has 3 N–H and O–H groups in total. The van der Waals surface area contributed by atoms with Crippen molar-refractivity contribution in [1.29, 1.82) is 0 Å². The minimum Gasteiger partial charge on any atom is -0.399 e. The van der Waals surface area contributed by atoms with Crippen LogP contribution in [0.15, 0.2) is 18.2 Å². The Morgan fingerprint density at radius 1 is 1.35 bits per heavy atom. The molecule has 2 rings (SSSR count). The molecule has 0 bridgehead atoms. The first-order valence-corrected chi connectivity index (χ1v) is 6.13. The predicted octanol–water partition coefficient (Wildman–Crippen LogP) is 2.77. The van der Waals surface area contributed by atoms with Gasteiger partial charge < -0.3 is 15.6 Å². The number of benzene rings is 1. The molecule has 0 saturated heterocycles. The lowest BCUT2D eigenvalue weighted by atomic mass is 10.1. The molecule has 0 spiro atoms. The van der Waals surface area contributed by atoms with Crippen molar-refractivity contribution >= 4 is 22.7 Å². The smallest absolute Gasteiger partial charge is 0.203 e. The zero-order valence-corrected chi connectivity index (χ0v) is 10.7. The molecule has 0 aliphatic carbocycles. The molecular formula is C13H20N4. The molecule has 4 heteroatoms. The van der Waals surface area contributed by atoms with E-state index in [2.05, 4.69) is 35.8 Å². The first kappa shape index (κ1) is 11.8. The number of anilines is 2. The van der Waals surface area contributed by atoms with Crippen LogP contribution in [0.1, 0.15) is 26.7 Å². The van der Waals surface area contributed by atoms with E-state index in [1.807, 2.05) is 18.2 Å². The average molecular weight is 232 g/mol. The van der Waals surface area contributed by atoms with Crippen LogP contribution in [0.5, 0.6) is 0 Å². The van der Waals surface area contributed by atoms with Gasteiger partial charge in [0.15, 0.2) is 0 Å². The summed E-state index contributed by atoms with van der Waals surface area (Å²) in [5, 5.41) is 0. The molecule has 1 heterocycles. The molecule has 0 aliphatic rings. The molecule has 0 amide bonds. The van der Waals surface area contributed by atoms with Gasteiger partial charge in [-0.1, -0.05) is 13.8 Å². The summed E-state index contributed by atoms with van der Waals surface area (Å²) in [6.07, 6.45) is 2.23. The molecule has 0 saturated carbocycles. The molecule has 92 valence electrons. The maximum atomic E-state index is 5.76. The number of hydrogen-bond acceptors (Lipinski definition) is 3. The van der Waals surface area contributed by atoms with E-state index in [0.717, 1.165) is 35.5 Å². The third kappa shape index (κ3) is 2.20. The lowest BCUT2D eigenvalue weighted by Crippen LogP contribution is -2.31. The van der Waals surface area contributed by atoms with Crippen LogP contribution < -0.4 is 10.6 Å². The van der Waals surface area contributed by atoms with Gasteiger partial charge in [-0.15, -0.1) is 0 Å². The Morgan fingerprint density at radius 3 is 2.71 bits per heavy atom. The van der Waals surface area contributed by atoms with Crippen molar-refractivity contribution in [3.8, 4) is 0 Å². The Labute approximate surface area is 102 Å². The fourth-order valence-electron chi connectivity index (χ4n) is 2.19. The minimum absolute atomic E-state index is 0.521. The number of H-pyrrole nitrogens is 1. The number of nitrogens with one attached hydrogen (secondary N) is 1. The van der Waals surface area contributed by atoms with Crippen molar-refractivity contribution in [3.63, 3.8) is 0 Å². The van der Waals surface area contributed by atoms with Crippen molar-refractivity contribution in [2.75, 3.05) is 17.7 Å². The van der Waals surface area contributed by atoms with Gasteiger partial charge in [0.25, 0.3) is 0 Å². The second-order valence-electron chi connectivity index (χ2n) is 4.42. The Balaban J connectivity index is 2.35. The summed E-state index contributed by atoms with van der Waals surface area (Å²) < 4.78 is 0. The van der Waals surface area contributed by atoms with E-state index in [-0.39, 0.29) is 0 Å². The normalized spacial score (nSPS) is 11.3. The first-order valence-electron chi connectivity index (χ1n) is 6.13.